The van der Waals surface area contributed by atoms with E-state index in [0.29, 0.717) is 24.1 Å². The maximum absolute atomic E-state index is 12.4. The maximum Gasteiger partial charge on any atom is 0.241 e. The summed E-state index contributed by atoms with van der Waals surface area (Å²) in [5.74, 6) is 1.75. The van der Waals surface area contributed by atoms with Gasteiger partial charge in [-0.2, -0.15) is 0 Å². The largest absolute Gasteiger partial charge is 0.326 e. The van der Waals surface area contributed by atoms with E-state index in [1.807, 2.05) is 4.90 Å². The molecule has 5 heteroatoms. The van der Waals surface area contributed by atoms with Gasteiger partial charge in [0, 0.05) is 29.4 Å². The Labute approximate surface area is 119 Å². The first-order chi connectivity index (χ1) is 8.82. The van der Waals surface area contributed by atoms with Crippen molar-refractivity contribution in [2.75, 3.05) is 18.6 Å². The zero-order chi connectivity index (χ0) is 14.6. The van der Waals surface area contributed by atoms with Gasteiger partial charge in [-0.1, -0.05) is 27.7 Å². The molecular weight excluding hydrogens is 260 g/mol. The molecule has 1 aliphatic heterocycles. The Morgan fingerprint density at radius 3 is 2.42 bits per heavy atom. The van der Waals surface area contributed by atoms with Crippen molar-refractivity contribution in [3.05, 3.63) is 0 Å². The third kappa shape index (κ3) is 4.88. The Balaban J connectivity index is 2.65. The minimum Gasteiger partial charge on any atom is -0.326 e. The third-order valence-electron chi connectivity index (χ3n) is 3.49. The summed E-state index contributed by atoms with van der Waals surface area (Å²) in [6, 6.07) is -0.0594. The van der Waals surface area contributed by atoms with E-state index in [4.69, 9.17) is 0 Å². The van der Waals surface area contributed by atoms with Gasteiger partial charge in [0.2, 0.25) is 5.91 Å². The van der Waals surface area contributed by atoms with Gasteiger partial charge in [-0.25, -0.2) is 0 Å². The number of hydrogen-bond acceptors (Lipinski definition) is 3. The molecule has 3 unspecified atom stereocenters. The predicted octanol–water partition coefficient (Wildman–Crippen LogP) is 1.58. The van der Waals surface area contributed by atoms with E-state index in [0.717, 1.165) is 12.8 Å². The molecule has 1 N–H and O–H groups in total. The average molecular weight is 288 g/mol. The number of nitrogens with one attached hydrogen (secondary N) is 1. The number of rotatable bonds is 7. The fraction of sp³-hybridized carbons (Fsp3) is 0.929. The van der Waals surface area contributed by atoms with Crippen molar-refractivity contribution in [2.45, 2.75) is 52.7 Å². The van der Waals surface area contributed by atoms with Gasteiger partial charge in [-0.3, -0.25) is 14.3 Å². The first kappa shape index (κ1) is 16.6. The molecular formula is C14H28N2O2S. The standard InChI is InChI=1S/C14H28N2O2S/c1-10(2)9-12-15-13(11(3)4)14(17)16(12)7-6-8-19(5)18/h10-13,15H,6-9H2,1-5H3. The Hall–Kier alpha value is -0.420. The molecule has 1 heterocycles. The van der Waals surface area contributed by atoms with E-state index in [2.05, 4.69) is 33.0 Å². The van der Waals surface area contributed by atoms with Crippen molar-refractivity contribution in [3.8, 4) is 0 Å². The molecule has 0 saturated carbocycles. The molecule has 19 heavy (non-hydrogen) atoms. The summed E-state index contributed by atoms with van der Waals surface area (Å²) in [6.07, 6.45) is 3.65. The highest BCUT2D eigenvalue weighted by Gasteiger charge is 2.39. The topological polar surface area (TPSA) is 49.4 Å². The Kier molecular flexibility index (Phi) is 6.47. The van der Waals surface area contributed by atoms with E-state index >= 15 is 0 Å². The van der Waals surface area contributed by atoms with E-state index in [9.17, 15) is 9.00 Å². The smallest absolute Gasteiger partial charge is 0.241 e. The second kappa shape index (κ2) is 7.39. The van der Waals surface area contributed by atoms with Crippen LogP contribution in [-0.4, -0.2) is 45.8 Å². The van der Waals surface area contributed by atoms with Gasteiger partial charge in [0.1, 0.15) is 0 Å². The summed E-state index contributed by atoms with van der Waals surface area (Å²) < 4.78 is 11.1. The van der Waals surface area contributed by atoms with Gasteiger partial charge in [-0.05, 0) is 24.7 Å². The van der Waals surface area contributed by atoms with Gasteiger partial charge in [-0.15, -0.1) is 0 Å². The lowest BCUT2D eigenvalue weighted by molar-refractivity contribution is -0.130. The molecule has 1 rings (SSSR count). The molecule has 4 nitrogen and oxygen atoms in total. The number of carbonyl (C=O) groups excluding carboxylic acids is 1. The van der Waals surface area contributed by atoms with Crippen LogP contribution in [0.2, 0.25) is 0 Å². The van der Waals surface area contributed by atoms with E-state index < -0.39 is 10.8 Å². The number of carbonyl (C=O) groups is 1. The first-order valence-electron chi connectivity index (χ1n) is 7.19. The Morgan fingerprint density at radius 2 is 1.95 bits per heavy atom. The predicted molar refractivity (Wildman–Crippen MR) is 80.3 cm³/mol. The molecule has 3 atom stereocenters. The monoisotopic (exact) mass is 288 g/mol. The van der Waals surface area contributed by atoms with Crippen molar-refractivity contribution in [1.29, 1.82) is 0 Å². The van der Waals surface area contributed by atoms with Gasteiger partial charge < -0.3 is 4.90 Å². The summed E-state index contributed by atoms with van der Waals surface area (Å²) in [4.78, 5) is 14.4. The van der Waals surface area contributed by atoms with Crippen molar-refractivity contribution >= 4 is 16.7 Å². The summed E-state index contributed by atoms with van der Waals surface area (Å²) in [7, 11) is -0.775. The molecule has 1 amide bonds. The number of nitrogens with zero attached hydrogens (tertiary/aromatic N) is 1. The van der Waals surface area contributed by atoms with E-state index in [1.54, 1.807) is 6.26 Å². The molecule has 1 fully saturated rings. The van der Waals surface area contributed by atoms with Crippen molar-refractivity contribution in [3.63, 3.8) is 0 Å². The molecule has 0 aromatic carbocycles. The summed E-state index contributed by atoms with van der Waals surface area (Å²) in [5, 5.41) is 3.46. The molecule has 0 spiro atoms. The third-order valence-corrected chi connectivity index (χ3v) is 4.35. The minimum atomic E-state index is -0.775. The lowest BCUT2D eigenvalue weighted by atomic mass is 10.0. The molecule has 0 aliphatic carbocycles. The van der Waals surface area contributed by atoms with Crippen molar-refractivity contribution in [1.82, 2.24) is 10.2 Å². The average Bonchev–Trinajstić information content (AvgIpc) is 2.56. The first-order valence-corrected chi connectivity index (χ1v) is 8.92. The van der Waals surface area contributed by atoms with Crippen LogP contribution in [-0.2, 0) is 15.6 Å². The fourth-order valence-corrected chi connectivity index (χ4v) is 3.06. The zero-order valence-electron chi connectivity index (χ0n) is 12.8. The lowest BCUT2D eigenvalue weighted by Crippen LogP contribution is -2.39. The SMILES string of the molecule is CC(C)CC1NC(C(C)C)C(=O)N1CCCS(C)=O. The second-order valence-electron chi connectivity index (χ2n) is 6.20. The van der Waals surface area contributed by atoms with Crippen molar-refractivity contribution in [2.24, 2.45) is 11.8 Å². The second-order valence-corrected chi connectivity index (χ2v) is 7.75. The molecule has 0 radical (unpaired) electrons. The zero-order valence-corrected chi connectivity index (χ0v) is 13.6. The summed E-state index contributed by atoms with van der Waals surface area (Å²) in [6.45, 7) is 9.22. The fourth-order valence-electron chi connectivity index (χ4n) is 2.52. The van der Waals surface area contributed by atoms with Crippen LogP contribution in [0.1, 0.15) is 40.5 Å². The van der Waals surface area contributed by atoms with Crippen LogP contribution in [0.4, 0.5) is 0 Å². The molecule has 0 bridgehead atoms. The number of amides is 1. The van der Waals surface area contributed by atoms with Crippen LogP contribution >= 0.6 is 0 Å². The highest BCUT2D eigenvalue weighted by Crippen LogP contribution is 2.21. The Morgan fingerprint density at radius 1 is 1.32 bits per heavy atom. The maximum atomic E-state index is 12.4. The molecule has 0 aromatic heterocycles. The van der Waals surface area contributed by atoms with Crippen LogP contribution < -0.4 is 5.32 Å². The minimum absolute atomic E-state index is 0.0594. The van der Waals surface area contributed by atoms with Gasteiger partial charge in [0.05, 0.1) is 12.2 Å². The summed E-state index contributed by atoms with van der Waals surface area (Å²) >= 11 is 0. The van der Waals surface area contributed by atoms with Crippen LogP contribution in [0.3, 0.4) is 0 Å². The Bertz CT molecular complexity index is 331. The van der Waals surface area contributed by atoms with Gasteiger partial charge in [0.15, 0.2) is 0 Å². The van der Waals surface area contributed by atoms with E-state index in [-0.39, 0.29) is 18.1 Å². The number of hydrogen-bond donors (Lipinski definition) is 1. The normalized spacial score (nSPS) is 25.6. The quantitative estimate of drug-likeness (QED) is 0.774. The molecule has 0 aromatic rings. The lowest BCUT2D eigenvalue weighted by Gasteiger charge is -2.25. The van der Waals surface area contributed by atoms with Gasteiger partial charge >= 0.3 is 0 Å². The molecule has 1 saturated heterocycles. The van der Waals surface area contributed by atoms with Gasteiger partial charge in [0.25, 0.3) is 0 Å². The van der Waals surface area contributed by atoms with Crippen LogP contribution in [0.15, 0.2) is 0 Å². The molecule has 1 aliphatic rings. The van der Waals surface area contributed by atoms with Crippen LogP contribution in [0.5, 0.6) is 0 Å². The molecule has 112 valence electrons. The highest BCUT2D eigenvalue weighted by atomic mass is 32.2. The van der Waals surface area contributed by atoms with Crippen LogP contribution in [0, 0.1) is 11.8 Å². The van der Waals surface area contributed by atoms with Crippen molar-refractivity contribution < 1.29 is 9.00 Å². The van der Waals surface area contributed by atoms with Crippen LogP contribution in [0.25, 0.3) is 0 Å². The highest BCUT2D eigenvalue weighted by molar-refractivity contribution is 7.84. The summed E-state index contributed by atoms with van der Waals surface area (Å²) in [5.41, 5.74) is 0. The van der Waals surface area contributed by atoms with E-state index in [1.165, 1.54) is 0 Å².